The number of halogens is 2. The average molecular weight is 351 g/mol. The molecule has 1 aromatic heterocycles. The van der Waals surface area contributed by atoms with Crippen LogP contribution in [0.5, 0.6) is 0 Å². The quantitative estimate of drug-likeness (QED) is 0.723. The van der Waals surface area contributed by atoms with Crippen LogP contribution in [0.25, 0.3) is 16.9 Å². The van der Waals surface area contributed by atoms with Gasteiger partial charge in [0.1, 0.15) is 5.82 Å². The van der Waals surface area contributed by atoms with Gasteiger partial charge in [-0.25, -0.2) is 17.8 Å². The molecule has 0 radical (unpaired) electrons. The van der Waals surface area contributed by atoms with E-state index in [0.29, 0.717) is 11.4 Å². The van der Waals surface area contributed by atoms with E-state index in [-0.39, 0.29) is 16.0 Å². The molecule has 0 saturated carbocycles. The zero-order chi connectivity index (χ0) is 16.6. The Morgan fingerprint density at radius 1 is 1.04 bits per heavy atom. The van der Waals surface area contributed by atoms with Gasteiger partial charge < -0.3 is 0 Å². The lowest BCUT2D eigenvalue weighted by Gasteiger charge is -2.10. The minimum Gasteiger partial charge on any atom is -0.283 e. The third-order valence-electron chi connectivity index (χ3n) is 3.38. The van der Waals surface area contributed by atoms with Gasteiger partial charge in [-0.2, -0.15) is 0 Å². The Bertz CT molecular complexity index is 949. The smallest absolute Gasteiger partial charge is 0.207 e. The highest BCUT2D eigenvalue weighted by Crippen LogP contribution is 2.28. The summed E-state index contributed by atoms with van der Waals surface area (Å²) in [5.41, 5.74) is 2.10. The average Bonchev–Trinajstić information content (AvgIpc) is 2.89. The van der Waals surface area contributed by atoms with Crippen LogP contribution in [-0.4, -0.2) is 24.2 Å². The van der Waals surface area contributed by atoms with E-state index in [9.17, 15) is 12.8 Å². The molecule has 0 aliphatic rings. The predicted molar refractivity (Wildman–Crippen MR) is 87.1 cm³/mol. The summed E-state index contributed by atoms with van der Waals surface area (Å²) < 4.78 is 37.8. The minimum absolute atomic E-state index is 0.223. The Balaban J connectivity index is 2.10. The summed E-state index contributed by atoms with van der Waals surface area (Å²) in [6, 6.07) is 12.3. The summed E-state index contributed by atoms with van der Waals surface area (Å²) in [7, 11) is -3.27. The molecule has 0 saturated heterocycles. The molecule has 3 aromatic rings. The van der Waals surface area contributed by atoms with Gasteiger partial charge in [0.15, 0.2) is 9.84 Å². The van der Waals surface area contributed by atoms with Crippen LogP contribution in [0.1, 0.15) is 0 Å². The maximum absolute atomic E-state index is 13.1. The number of benzene rings is 2. The number of hydrogen-bond donors (Lipinski definition) is 0. The van der Waals surface area contributed by atoms with Crippen LogP contribution in [-0.2, 0) is 9.84 Å². The molecule has 7 heteroatoms. The van der Waals surface area contributed by atoms with Gasteiger partial charge in [0.25, 0.3) is 0 Å². The van der Waals surface area contributed by atoms with E-state index < -0.39 is 9.84 Å². The standard InChI is InChI=1S/C16H12ClFN2O2S/c1-23(21,22)14-8-6-13(7-9-14)20-15(10-19-16(20)17)11-2-4-12(18)5-3-11/h2-10H,1H3. The molecule has 2 aromatic carbocycles. The first kappa shape index (κ1) is 15.7. The number of sulfone groups is 1. The van der Waals surface area contributed by atoms with Crippen molar-refractivity contribution in [3.05, 3.63) is 65.8 Å². The fourth-order valence-corrected chi connectivity index (χ4v) is 3.11. The van der Waals surface area contributed by atoms with Crippen LogP contribution in [0.3, 0.4) is 0 Å². The Labute approximate surface area is 138 Å². The number of imidazole rings is 1. The van der Waals surface area contributed by atoms with E-state index in [2.05, 4.69) is 4.98 Å². The van der Waals surface area contributed by atoms with Gasteiger partial charge >= 0.3 is 0 Å². The Kier molecular flexibility index (Phi) is 3.95. The molecule has 0 fully saturated rings. The Hall–Kier alpha value is -2.18. The molecule has 0 aliphatic carbocycles. The van der Waals surface area contributed by atoms with Crippen LogP contribution in [0, 0.1) is 5.82 Å². The lowest BCUT2D eigenvalue weighted by atomic mass is 10.1. The summed E-state index contributed by atoms with van der Waals surface area (Å²) in [6.07, 6.45) is 2.73. The van der Waals surface area contributed by atoms with E-state index in [1.807, 2.05) is 0 Å². The normalized spacial score (nSPS) is 11.6. The topological polar surface area (TPSA) is 52.0 Å². The van der Waals surface area contributed by atoms with Gasteiger partial charge in [-0.1, -0.05) is 0 Å². The van der Waals surface area contributed by atoms with Crippen molar-refractivity contribution in [2.45, 2.75) is 4.90 Å². The van der Waals surface area contributed by atoms with Gasteiger partial charge in [0.2, 0.25) is 5.28 Å². The van der Waals surface area contributed by atoms with Gasteiger partial charge in [-0.05, 0) is 60.1 Å². The third-order valence-corrected chi connectivity index (χ3v) is 4.78. The van der Waals surface area contributed by atoms with E-state index >= 15 is 0 Å². The second-order valence-corrected chi connectivity index (χ2v) is 7.37. The van der Waals surface area contributed by atoms with Gasteiger partial charge in [0.05, 0.1) is 16.8 Å². The summed E-state index contributed by atoms with van der Waals surface area (Å²) in [6.45, 7) is 0. The van der Waals surface area contributed by atoms with E-state index in [1.165, 1.54) is 24.3 Å². The van der Waals surface area contributed by atoms with Crippen LogP contribution < -0.4 is 0 Å². The van der Waals surface area contributed by atoms with E-state index in [0.717, 1.165) is 11.8 Å². The summed E-state index contributed by atoms with van der Waals surface area (Å²) >= 11 is 6.15. The first-order valence-corrected chi connectivity index (χ1v) is 8.93. The molecule has 4 nitrogen and oxygen atoms in total. The molecule has 0 bridgehead atoms. The van der Waals surface area contributed by atoms with Crippen LogP contribution in [0.2, 0.25) is 5.28 Å². The number of nitrogens with zero attached hydrogens (tertiary/aromatic N) is 2. The highest BCUT2D eigenvalue weighted by molar-refractivity contribution is 7.90. The SMILES string of the molecule is CS(=O)(=O)c1ccc(-n2c(-c3ccc(F)cc3)cnc2Cl)cc1. The van der Waals surface area contributed by atoms with Gasteiger partial charge in [0, 0.05) is 17.5 Å². The first-order chi connectivity index (χ1) is 10.9. The number of hydrogen-bond acceptors (Lipinski definition) is 3. The maximum atomic E-state index is 13.1. The Morgan fingerprint density at radius 3 is 2.22 bits per heavy atom. The predicted octanol–water partition coefficient (Wildman–Crippen LogP) is 3.74. The summed E-state index contributed by atoms with van der Waals surface area (Å²) in [5, 5.41) is 0.233. The second-order valence-electron chi connectivity index (χ2n) is 5.02. The fraction of sp³-hybridized carbons (Fsp3) is 0.0625. The van der Waals surface area contributed by atoms with Crippen molar-refractivity contribution in [1.29, 1.82) is 0 Å². The number of rotatable bonds is 3. The monoisotopic (exact) mass is 350 g/mol. The van der Waals surface area contributed by atoms with Gasteiger partial charge in [-0.3, -0.25) is 4.57 Å². The zero-order valence-corrected chi connectivity index (χ0v) is 13.6. The number of aromatic nitrogens is 2. The molecular formula is C16H12ClFN2O2S. The molecule has 3 rings (SSSR count). The Morgan fingerprint density at radius 2 is 1.65 bits per heavy atom. The highest BCUT2D eigenvalue weighted by Gasteiger charge is 2.13. The van der Waals surface area contributed by atoms with Crippen molar-refractivity contribution in [1.82, 2.24) is 9.55 Å². The largest absolute Gasteiger partial charge is 0.283 e. The maximum Gasteiger partial charge on any atom is 0.207 e. The molecule has 0 amide bonds. The van der Waals surface area contributed by atoms with Crippen molar-refractivity contribution in [3.63, 3.8) is 0 Å². The molecule has 0 spiro atoms. The van der Waals surface area contributed by atoms with Crippen LogP contribution >= 0.6 is 11.6 Å². The molecule has 23 heavy (non-hydrogen) atoms. The minimum atomic E-state index is -3.27. The lowest BCUT2D eigenvalue weighted by molar-refractivity contribution is 0.602. The van der Waals surface area contributed by atoms with Crippen molar-refractivity contribution in [2.75, 3.05) is 6.26 Å². The molecule has 0 atom stereocenters. The molecule has 118 valence electrons. The van der Waals surface area contributed by atoms with E-state index in [4.69, 9.17) is 11.6 Å². The molecule has 1 heterocycles. The van der Waals surface area contributed by atoms with Crippen molar-refractivity contribution >= 4 is 21.4 Å². The first-order valence-electron chi connectivity index (χ1n) is 6.66. The van der Waals surface area contributed by atoms with E-state index in [1.54, 1.807) is 35.0 Å². The summed E-state index contributed by atoms with van der Waals surface area (Å²) in [4.78, 5) is 4.30. The van der Waals surface area contributed by atoms with Crippen molar-refractivity contribution in [2.24, 2.45) is 0 Å². The van der Waals surface area contributed by atoms with Crippen molar-refractivity contribution in [3.8, 4) is 16.9 Å². The molecular weight excluding hydrogens is 339 g/mol. The van der Waals surface area contributed by atoms with Crippen molar-refractivity contribution < 1.29 is 12.8 Å². The highest BCUT2D eigenvalue weighted by atomic mass is 35.5. The molecule has 0 aliphatic heterocycles. The van der Waals surface area contributed by atoms with Crippen LogP contribution in [0.4, 0.5) is 4.39 Å². The fourth-order valence-electron chi connectivity index (χ4n) is 2.24. The third kappa shape index (κ3) is 3.13. The zero-order valence-electron chi connectivity index (χ0n) is 12.1. The molecule has 0 N–H and O–H groups in total. The lowest BCUT2D eigenvalue weighted by Crippen LogP contribution is -2.00. The van der Waals surface area contributed by atoms with Gasteiger partial charge in [-0.15, -0.1) is 0 Å². The van der Waals surface area contributed by atoms with Crippen LogP contribution in [0.15, 0.2) is 59.6 Å². The second kappa shape index (κ2) is 5.79. The molecule has 0 unspecified atom stereocenters. The summed E-state index contributed by atoms with van der Waals surface area (Å²) in [5.74, 6) is -0.330.